The lowest BCUT2D eigenvalue weighted by atomic mass is 9.93. The number of carbonyl (C=O) groups excluding carboxylic acids is 3. The first-order valence-corrected chi connectivity index (χ1v) is 6.51. The molecule has 0 spiro atoms. The van der Waals surface area contributed by atoms with E-state index in [1.165, 1.54) is 12.1 Å². The van der Waals surface area contributed by atoms with Gasteiger partial charge in [-0.1, -0.05) is 13.8 Å². The van der Waals surface area contributed by atoms with Gasteiger partial charge in [0.05, 0.1) is 16.7 Å². The van der Waals surface area contributed by atoms with E-state index in [1.54, 1.807) is 6.07 Å². The number of nitrogens with one attached hydrogen (secondary N) is 2. The summed E-state index contributed by atoms with van der Waals surface area (Å²) in [6, 6.07) is 4.58. The molecule has 20 heavy (non-hydrogen) atoms. The summed E-state index contributed by atoms with van der Waals surface area (Å²) in [7, 11) is 0. The zero-order valence-corrected chi connectivity index (χ0v) is 11.4. The summed E-state index contributed by atoms with van der Waals surface area (Å²) in [5.41, 5.74) is 6.11. The lowest BCUT2D eigenvalue weighted by Crippen LogP contribution is -2.50. The van der Waals surface area contributed by atoms with Crippen LogP contribution in [0, 0.1) is 0 Å². The predicted molar refractivity (Wildman–Crippen MR) is 74.4 cm³/mol. The van der Waals surface area contributed by atoms with Crippen molar-refractivity contribution in [2.24, 2.45) is 5.73 Å². The summed E-state index contributed by atoms with van der Waals surface area (Å²) < 4.78 is 0. The smallest absolute Gasteiger partial charge is 0.259 e. The Balaban J connectivity index is 2.24. The van der Waals surface area contributed by atoms with E-state index in [1.807, 2.05) is 13.8 Å². The highest BCUT2D eigenvalue weighted by Gasteiger charge is 2.31. The molecule has 0 atom stereocenters. The lowest BCUT2D eigenvalue weighted by Gasteiger charge is -2.25. The summed E-state index contributed by atoms with van der Waals surface area (Å²) in [4.78, 5) is 35.1. The van der Waals surface area contributed by atoms with Crippen molar-refractivity contribution in [2.45, 2.75) is 32.2 Å². The van der Waals surface area contributed by atoms with Crippen LogP contribution in [0.1, 0.15) is 47.4 Å². The summed E-state index contributed by atoms with van der Waals surface area (Å²) >= 11 is 0. The lowest BCUT2D eigenvalue weighted by molar-refractivity contribution is -0.121. The molecule has 6 heteroatoms. The maximum absolute atomic E-state index is 12.1. The van der Waals surface area contributed by atoms with Crippen LogP contribution in [0.15, 0.2) is 18.2 Å². The van der Waals surface area contributed by atoms with Crippen LogP contribution in [-0.4, -0.2) is 23.3 Å². The Labute approximate surface area is 116 Å². The minimum Gasteiger partial charge on any atom is -0.324 e. The van der Waals surface area contributed by atoms with E-state index in [9.17, 15) is 14.4 Å². The molecule has 106 valence electrons. The number of benzene rings is 1. The third-order valence-electron chi connectivity index (χ3n) is 3.71. The van der Waals surface area contributed by atoms with Crippen LogP contribution in [-0.2, 0) is 4.79 Å². The number of amides is 3. The molecule has 4 N–H and O–H groups in total. The maximum atomic E-state index is 12.1. The van der Waals surface area contributed by atoms with Crippen LogP contribution in [0.2, 0.25) is 0 Å². The van der Waals surface area contributed by atoms with E-state index in [0.29, 0.717) is 24.1 Å². The molecule has 0 saturated heterocycles. The van der Waals surface area contributed by atoms with Crippen molar-refractivity contribution >= 4 is 23.4 Å². The van der Waals surface area contributed by atoms with Crippen LogP contribution >= 0.6 is 0 Å². The van der Waals surface area contributed by atoms with Crippen molar-refractivity contribution in [1.82, 2.24) is 5.32 Å². The van der Waals surface area contributed by atoms with Gasteiger partial charge in [0.25, 0.3) is 11.8 Å². The van der Waals surface area contributed by atoms with Crippen LogP contribution in [0.5, 0.6) is 0 Å². The van der Waals surface area contributed by atoms with Crippen LogP contribution in [0.4, 0.5) is 5.69 Å². The number of fused-ring (bicyclic) bond motifs is 1. The molecule has 0 aromatic heterocycles. The highest BCUT2D eigenvalue weighted by Crippen LogP contribution is 2.22. The fourth-order valence-corrected chi connectivity index (χ4v) is 2.07. The Morgan fingerprint density at radius 1 is 1.20 bits per heavy atom. The molecule has 6 nitrogen and oxygen atoms in total. The molecule has 3 amide bonds. The summed E-state index contributed by atoms with van der Waals surface area (Å²) in [6.45, 7) is 3.69. The Kier molecular flexibility index (Phi) is 3.59. The molecule has 0 bridgehead atoms. The molecule has 1 aliphatic rings. The zero-order valence-electron chi connectivity index (χ0n) is 11.4. The fourth-order valence-electron chi connectivity index (χ4n) is 2.07. The van der Waals surface area contributed by atoms with Gasteiger partial charge >= 0.3 is 0 Å². The second-order valence-electron chi connectivity index (χ2n) is 4.86. The standard InChI is InChI=1S/C14H17N3O3/c1-3-14(15,4-2)13(20)16-8-5-6-9-10(7-8)12(19)17-11(9)18/h5-7H,3-4,15H2,1-2H3,(H,16,20)(H,17,18,19). The number of hydrogen-bond acceptors (Lipinski definition) is 4. The number of hydrogen-bond donors (Lipinski definition) is 3. The third-order valence-corrected chi connectivity index (χ3v) is 3.71. The van der Waals surface area contributed by atoms with Gasteiger partial charge in [-0.3, -0.25) is 19.7 Å². The second kappa shape index (κ2) is 5.05. The summed E-state index contributed by atoms with van der Waals surface area (Å²) in [5, 5.41) is 4.89. The van der Waals surface area contributed by atoms with Crippen molar-refractivity contribution in [2.75, 3.05) is 5.32 Å². The van der Waals surface area contributed by atoms with Gasteiger partial charge in [0.2, 0.25) is 5.91 Å². The Morgan fingerprint density at radius 2 is 1.80 bits per heavy atom. The monoisotopic (exact) mass is 275 g/mol. The molecule has 1 aromatic rings. The number of carbonyl (C=O) groups is 3. The zero-order chi connectivity index (χ0) is 14.9. The minimum absolute atomic E-state index is 0.267. The van der Waals surface area contributed by atoms with Gasteiger partial charge in [-0.15, -0.1) is 0 Å². The molecule has 2 rings (SSSR count). The number of imide groups is 1. The van der Waals surface area contributed by atoms with Gasteiger partial charge in [-0.2, -0.15) is 0 Å². The summed E-state index contributed by atoms with van der Waals surface area (Å²) in [5.74, 6) is -1.17. The fraction of sp³-hybridized carbons (Fsp3) is 0.357. The van der Waals surface area contributed by atoms with Crippen molar-refractivity contribution in [3.8, 4) is 0 Å². The molecule has 0 saturated carbocycles. The van der Waals surface area contributed by atoms with Gasteiger partial charge in [0, 0.05) is 5.69 Å². The van der Waals surface area contributed by atoms with Gasteiger partial charge in [-0.25, -0.2) is 0 Å². The van der Waals surface area contributed by atoms with Crippen LogP contribution in [0.3, 0.4) is 0 Å². The molecule has 0 radical (unpaired) electrons. The Hall–Kier alpha value is -2.21. The van der Waals surface area contributed by atoms with Crippen molar-refractivity contribution in [3.63, 3.8) is 0 Å². The van der Waals surface area contributed by atoms with E-state index in [2.05, 4.69) is 10.6 Å². The first kappa shape index (κ1) is 14.2. The second-order valence-corrected chi connectivity index (χ2v) is 4.86. The van der Waals surface area contributed by atoms with E-state index in [0.717, 1.165) is 0 Å². The highest BCUT2D eigenvalue weighted by atomic mass is 16.2. The Morgan fingerprint density at radius 3 is 2.40 bits per heavy atom. The molecule has 1 aromatic carbocycles. The first-order chi connectivity index (χ1) is 9.41. The minimum atomic E-state index is -0.933. The molecule has 1 aliphatic heterocycles. The molecule has 0 aliphatic carbocycles. The van der Waals surface area contributed by atoms with Crippen LogP contribution in [0.25, 0.3) is 0 Å². The number of anilines is 1. The number of rotatable bonds is 4. The third kappa shape index (κ3) is 2.30. The van der Waals surface area contributed by atoms with E-state index in [4.69, 9.17) is 5.73 Å². The largest absolute Gasteiger partial charge is 0.324 e. The quantitative estimate of drug-likeness (QED) is 0.714. The first-order valence-electron chi connectivity index (χ1n) is 6.51. The molecule has 0 fully saturated rings. The van der Waals surface area contributed by atoms with Gasteiger partial charge < -0.3 is 11.1 Å². The van der Waals surface area contributed by atoms with Crippen LogP contribution < -0.4 is 16.4 Å². The average Bonchev–Trinajstić information content (AvgIpc) is 2.72. The molecular formula is C14H17N3O3. The topological polar surface area (TPSA) is 101 Å². The predicted octanol–water partition coefficient (Wildman–Crippen LogP) is 1.03. The van der Waals surface area contributed by atoms with E-state index >= 15 is 0 Å². The molecule has 1 heterocycles. The normalized spacial score (nSPS) is 13.9. The SMILES string of the molecule is CCC(N)(CC)C(=O)Nc1ccc2c(c1)C(=O)NC2=O. The summed E-state index contributed by atoms with van der Waals surface area (Å²) in [6.07, 6.45) is 1.03. The Bertz CT molecular complexity index is 591. The highest BCUT2D eigenvalue weighted by molar-refractivity contribution is 6.22. The van der Waals surface area contributed by atoms with Gasteiger partial charge in [-0.05, 0) is 31.0 Å². The van der Waals surface area contributed by atoms with Gasteiger partial charge in [0.1, 0.15) is 0 Å². The maximum Gasteiger partial charge on any atom is 0.259 e. The molecular weight excluding hydrogens is 258 g/mol. The average molecular weight is 275 g/mol. The van der Waals surface area contributed by atoms with Crippen molar-refractivity contribution in [3.05, 3.63) is 29.3 Å². The molecule has 0 unspecified atom stereocenters. The van der Waals surface area contributed by atoms with E-state index < -0.39 is 17.4 Å². The van der Waals surface area contributed by atoms with Gasteiger partial charge in [0.15, 0.2) is 0 Å². The van der Waals surface area contributed by atoms with Crippen molar-refractivity contribution in [1.29, 1.82) is 0 Å². The van der Waals surface area contributed by atoms with E-state index in [-0.39, 0.29) is 11.5 Å². The van der Waals surface area contributed by atoms with Crippen molar-refractivity contribution < 1.29 is 14.4 Å². The number of nitrogens with two attached hydrogens (primary N) is 1.